The van der Waals surface area contributed by atoms with E-state index in [0.717, 1.165) is 18.2 Å². The maximum atomic E-state index is 13.3. The zero-order valence-electron chi connectivity index (χ0n) is 12.7. The number of aliphatic hydroxyl groups is 1. The zero-order valence-corrected chi connectivity index (χ0v) is 12.7. The van der Waals surface area contributed by atoms with Crippen LogP contribution in [0.25, 0.3) is 0 Å². The third kappa shape index (κ3) is 3.06. The lowest BCUT2D eigenvalue weighted by Gasteiger charge is -2.24. The zero-order chi connectivity index (χ0) is 16.7. The van der Waals surface area contributed by atoms with Gasteiger partial charge in [-0.1, -0.05) is 0 Å². The second-order valence-electron chi connectivity index (χ2n) is 6.26. The molecule has 0 radical (unpaired) electrons. The van der Waals surface area contributed by atoms with E-state index >= 15 is 0 Å². The van der Waals surface area contributed by atoms with Crippen LogP contribution in [0.15, 0.2) is 18.2 Å². The van der Waals surface area contributed by atoms with Crippen molar-refractivity contribution in [3.63, 3.8) is 0 Å². The molecule has 0 unspecified atom stereocenters. The molecule has 2 fully saturated rings. The molecule has 5 nitrogen and oxygen atoms in total. The number of nitrogens with zero attached hydrogens (tertiary/aromatic N) is 2. The number of amides is 2. The van der Waals surface area contributed by atoms with E-state index in [1.165, 1.54) is 4.90 Å². The molecule has 0 spiro atoms. The lowest BCUT2D eigenvalue weighted by atomic mass is 10.1. The van der Waals surface area contributed by atoms with Crippen LogP contribution < -0.4 is 4.90 Å². The van der Waals surface area contributed by atoms with E-state index in [2.05, 4.69) is 0 Å². The maximum Gasteiger partial charge on any atom is 0.228 e. The average molecular weight is 324 g/mol. The summed E-state index contributed by atoms with van der Waals surface area (Å²) in [6.07, 6.45) is -0.0129. The fourth-order valence-corrected chi connectivity index (χ4v) is 3.36. The van der Waals surface area contributed by atoms with Crippen molar-refractivity contribution in [3.8, 4) is 0 Å². The van der Waals surface area contributed by atoms with Crippen molar-refractivity contribution in [3.05, 3.63) is 29.8 Å². The smallest absolute Gasteiger partial charge is 0.228 e. The Labute approximate surface area is 132 Å². The summed E-state index contributed by atoms with van der Waals surface area (Å²) < 4.78 is 26.6. The lowest BCUT2D eigenvalue weighted by molar-refractivity contribution is -0.136. The molecule has 2 saturated heterocycles. The van der Waals surface area contributed by atoms with Gasteiger partial charge in [0.25, 0.3) is 0 Å². The Morgan fingerprint density at radius 1 is 1.22 bits per heavy atom. The van der Waals surface area contributed by atoms with Crippen molar-refractivity contribution in [1.82, 2.24) is 4.90 Å². The Kier molecular flexibility index (Phi) is 4.06. The maximum absolute atomic E-state index is 13.3. The fourth-order valence-electron chi connectivity index (χ4n) is 3.36. The summed E-state index contributed by atoms with van der Waals surface area (Å²) in [5.74, 6) is -2.61. The van der Waals surface area contributed by atoms with Gasteiger partial charge in [-0.3, -0.25) is 9.59 Å². The average Bonchev–Trinajstić information content (AvgIpc) is 2.99. The summed E-state index contributed by atoms with van der Waals surface area (Å²) in [4.78, 5) is 27.5. The molecule has 3 rings (SSSR count). The Bertz CT molecular complexity index is 632. The molecule has 2 aliphatic heterocycles. The Balaban J connectivity index is 1.76. The largest absolute Gasteiger partial charge is 0.391 e. The van der Waals surface area contributed by atoms with Gasteiger partial charge in [-0.2, -0.15) is 0 Å². The number of aliphatic hydroxyl groups excluding tert-OH is 1. The fraction of sp³-hybridized carbons (Fsp3) is 0.500. The number of carbonyl (C=O) groups is 2. The Hall–Kier alpha value is -2.02. The summed E-state index contributed by atoms with van der Waals surface area (Å²) in [5, 5.41) is 9.65. The van der Waals surface area contributed by atoms with Crippen LogP contribution in [0.2, 0.25) is 0 Å². The van der Waals surface area contributed by atoms with Gasteiger partial charge in [-0.05, 0) is 25.5 Å². The summed E-state index contributed by atoms with van der Waals surface area (Å²) in [6.45, 7) is 2.21. The molecular weight excluding hydrogens is 306 g/mol. The molecule has 124 valence electrons. The Morgan fingerprint density at radius 3 is 2.43 bits per heavy atom. The third-order valence-electron chi connectivity index (χ3n) is 4.47. The van der Waals surface area contributed by atoms with Gasteiger partial charge in [0.1, 0.15) is 11.6 Å². The van der Waals surface area contributed by atoms with Crippen LogP contribution in [0.1, 0.15) is 19.8 Å². The second kappa shape index (κ2) is 5.88. The van der Waals surface area contributed by atoms with Crippen LogP contribution in [0.4, 0.5) is 14.5 Å². The first-order valence-electron chi connectivity index (χ1n) is 7.60. The third-order valence-corrected chi connectivity index (χ3v) is 4.47. The predicted octanol–water partition coefficient (Wildman–Crippen LogP) is 1.30. The van der Waals surface area contributed by atoms with Gasteiger partial charge < -0.3 is 14.9 Å². The topological polar surface area (TPSA) is 60.9 Å². The van der Waals surface area contributed by atoms with Gasteiger partial charge in [0.05, 0.1) is 12.0 Å². The lowest BCUT2D eigenvalue weighted by Crippen LogP contribution is -2.40. The van der Waals surface area contributed by atoms with E-state index in [1.54, 1.807) is 4.90 Å². The van der Waals surface area contributed by atoms with Gasteiger partial charge in [-0.15, -0.1) is 0 Å². The van der Waals surface area contributed by atoms with E-state index < -0.39 is 23.7 Å². The SMILES string of the molecule is C[C@@H]1C[C@H](O)CN1C(=O)[C@@H]1CC(=O)N(c2cc(F)cc(F)c2)C1. The molecule has 0 aromatic heterocycles. The molecular formula is C16H18F2N2O3. The van der Waals surface area contributed by atoms with E-state index in [-0.39, 0.29) is 43.1 Å². The molecule has 1 aromatic rings. The first kappa shape index (κ1) is 15.9. The summed E-state index contributed by atoms with van der Waals surface area (Å²) in [6, 6.07) is 2.82. The van der Waals surface area contributed by atoms with Gasteiger partial charge in [0.2, 0.25) is 11.8 Å². The number of hydrogen-bond donors (Lipinski definition) is 1. The predicted molar refractivity (Wildman–Crippen MR) is 78.6 cm³/mol. The van der Waals surface area contributed by atoms with E-state index in [0.29, 0.717) is 6.42 Å². The second-order valence-corrected chi connectivity index (χ2v) is 6.26. The first-order chi connectivity index (χ1) is 10.8. The van der Waals surface area contributed by atoms with E-state index in [4.69, 9.17) is 0 Å². The highest BCUT2D eigenvalue weighted by Gasteiger charge is 2.41. The van der Waals surface area contributed by atoms with Crippen LogP contribution in [-0.4, -0.2) is 47.1 Å². The van der Waals surface area contributed by atoms with Crippen molar-refractivity contribution in [2.45, 2.75) is 31.9 Å². The van der Waals surface area contributed by atoms with Crippen molar-refractivity contribution >= 4 is 17.5 Å². The van der Waals surface area contributed by atoms with Crippen molar-refractivity contribution in [2.75, 3.05) is 18.0 Å². The molecule has 23 heavy (non-hydrogen) atoms. The monoisotopic (exact) mass is 324 g/mol. The number of rotatable bonds is 2. The molecule has 2 amide bonds. The number of hydrogen-bond acceptors (Lipinski definition) is 3. The summed E-state index contributed by atoms with van der Waals surface area (Å²) in [5.41, 5.74) is 0.123. The number of benzene rings is 1. The van der Waals surface area contributed by atoms with Gasteiger partial charge in [-0.25, -0.2) is 8.78 Å². The normalized spacial score (nSPS) is 27.8. The molecule has 3 atom stereocenters. The summed E-state index contributed by atoms with van der Waals surface area (Å²) in [7, 11) is 0. The summed E-state index contributed by atoms with van der Waals surface area (Å²) >= 11 is 0. The standard InChI is InChI=1S/C16H18F2N2O3/c1-9-2-14(21)8-19(9)16(23)10-3-15(22)20(7-10)13-5-11(17)4-12(18)6-13/h4-6,9-10,14,21H,2-3,7-8H2,1H3/t9-,10-,14+/m1/s1. The molecule has 0 saturated carbocycles. The van der Waals surface area contributed by atoms with Crippen molar-refractivity contribution in [2.24, 2.45) is 5.92 Å². The highest BCUT2D eigenvalue weighted by molar-refractivity contribution is 6.00. The van der Waals surface area contributed by atoms with Gasteiger partial charge in [0.15, 0.2) is 0 Å². The van der Waals surface area contributed by atoms with Crippen LogP contribution in [0, 0.1) is 17.6 Å². The van der Waals surface area contributed by atoms with Crippen LogP contribution in [0.3, 0.4) is 0 Å². The van der Waals surface area contributed by atoms with Gasteiger partial charge >= 0.3 is 0 Å². The van der Waals surface area contributed by atoms with E-state index in [9.17, 15) is 23.5 Å². The molecule has 2 aliphatic rings. The minimum Gasteiger partial charge on any atom is -0.391 e. The quantitative estimate of drug-likeness (QED) is 0.892. The molecule has 1 N–H and O–H groups in total. The van der Waals surface area contributed by atoms with Crippen LogP contribution in [0.5, 0.6) is 0 Å². The highest BCUT2D eigenvalue weighted by Crippen LogP contribution is 2.29. The minimum atomic E-state index is -0.765. The van der Waals surface area contributed by atoms with Crippen molar-refractivity contribution < 1.29 is 23.5 Å². The molecule has 0 bridgehead atoms. The number of carbonyl (C=O) groups excluding carboxylic acids is 2. The Morgan fingerprint density at radius 2 is 1.87 bits per heavy atom. The number of anilines is 1. The highest BCUT2D eigenvalue weighted by atomic mass is 19.1. The number of halogens is 2. The van der Waals surface area contributed by atoms with Crippen LogP contribution >= 0.6 is 0 Å². The number of likely N-dealkylation sites (tertiary alicyclic amines) is 1. The molecule has 7 heteroatoms. The molecule has 2 heterocycles. The van der Waals surface area contributed by atoms with Gasteiger partial charge in [0, 0.05) is 37.3 Å². The van der Waals surface area contributed by atoms with Crippen molar-refractivity contribution in [1.29, 1.82) is 0 Å². The number of β-amino-alcohol motifs (C(OH)–C–C–N with tert-alkyl or cyclic N) is 1. The van der Waals surface area contributed by atoms with Crippen LogP contribution in [-0.2, 0) is 9.59 Å². The first-order valence-corrected chi connectivity index (χ1v) is 7.60. The van der Waals surface area contributed by atoms with E-state index in [1.807, 2.05) is 6.92 Å². The molecule has 1 aromatic carbocycles. The minimum absolute atomic E-state index is 0.0102. The molecule has 0 aliphatic carbocycles.